The molecule has 3 N–H and O–H groups in total. The molecule has 0 spiro atoms. The molecule has 0 amide bonds. The van der Waals surface area contributed by atoms with Crippen LogP contribution in [0.15, 0.2) is 120 Å². The van der Waals surface area contributed by atoms with Gasteiger partial charge >= 0.3 is 138 Å². The van der Waals surface area contributed by atoms with Crippen molar-refractivity contribution < 1.29 is 28.0 Å². The van der Waals surface area contributed by atoms with Crippen LogP contribution in [-0.2, 0) is 10.1 Å². The van der Waals surface area contributed by atoms with Crippen molar-refractivity contribution in [1.29, 1.82) is 0 Å². The molecule has 35 heavy (non-hydrogen) atoms. The van der Waals surface area contributed by atoms with Crippen LogP contribution >= 0.6 is 7.26 Å². The number of benzene rings is 4. The Morgan fingerprint density at radius 1 is 0.686 bits per heavy atom. The topological polar surface area (TPSA) is 112 Å². The van der Waals surface area contributed by atoms with Gasteiger partial charge in [-0.15, -0.1) is 0 Å². The number of aliphatic hydroxyl groups is 1. The predicted molar refractivity (Wildman–Crippen MR) is 142 cm³/mol. The molecule has 0 saturated carbocycles. The van der Waals surface area contributed by atoms with Gasteiger partial charge in [0.25, 0.3) is 10.1 Å². The predicted octanol–water partition coefficient (Wildman–Crippen LogP) is 3.34. The summed E-state index contributed by atoms with van der Waals surface area (Å²) < 4.78 is 29.7. The van der Waals surface area contributed by atoms with Gasteiger partial charge in [0.05, 0.1) is 10.5 Å². The fraction of sp³-hybridized carbons (Fsp3) is 0.0741. The first-order valence-corrected chi connectivity index (χ1v) is 14.5. The molecule has 0 aliphatic heterocycles. The van der Waals surface area contributed by atoms with Crippen LogP contribution in [0.3, 0.4) is 0 Å². The van der Waals surface area contributed by atoms with Crippen LogP contribution in [0.5, 0.6) is 0 Å². The Labute approximate surface area is 205 Å². The van der Waals surface area contributed by atoms with E-state index in [2.05, 4.69) is 91.0 Å². The van der Waals surface area contributed by atoms with E-state index < -0.39 is 28.2 Å². The summed E-state index contributed by atoms with van der Waals surface area (Å²) in [5.41, 5.74) is -0.185. The summed E-state index contributed by atoms with van der Waals surface area (Å²) in [5, 5.41) is 22.4. The van der Waals surface area contributed by atoms with Crippen LogP contribution in [0.2, 0.25) is 0 Å². The third-order valence-electron chi connectivity index (χ3n) is 5.67. The Balaban J connectivity index is 0.000000225. The molecule has 0 atom stereocenters. The van der Waals surface area contributed by atoms with Crippen molar-refractivity contribution in [2.24, 2.45) is 0 Å². The number of aromatic carboxylic acids is 1. The minimum atomic E-state index is -4.32. The van der Waals surface area contributed by atoms with E-state index in [1.807, 2.05) is 0 Å². The van der Waals surface area contributed by atoms with Crippen LogP contribution < -0.4 is 15.9 Å². The molecule has 0 fully saturated rings. The fourth-order valence-corrected chi connectivity index (χ4v) is 9.07. The summed E-state index contributed by atoms with van der Waals surface area (Å²) in [4.78, 5) is 9.98. The standard InChI is InChI=1S/C20H21OP.C7H6O5S/c21-16-17-22(18-10-4-1-5-11-18,19-12-6-2-7-13-19)20-14-8-3-9-15-20;8-7(9)5-2-1-3-6(4-5)13(10,11)12/h1-15,21-22H,16-17H2;1-4H,(H,8,9)(H,10,11,12). The molecular formula is C27H27O6PS. The van der Waals surface area contributed by atoms with Gasteiger partial charge in [-0.05, 0) is 18.2 Å². The van der Waals surface area contributed by atoms with Gasteiger partial charge in [0.1, 0.15) is 0 Å². The number of carboxylic acids is 1. The molecule has 0 heterocycles. The third kappa shape index (κ3) is 6.41. The van der Waals surface area contributed by atoms with E-state index in [0.717, 1.165) is 18.3 Å². The van der Waals surface area contributed by atoms with Crippen molar-refractivity contribution in [3.05, 3.63) is 121 Å². The molecule has 0 aliphatic rings. The molecule has 6 nitrogen and oxygen atoms in total. The third-order valence-corrected chi connectivity index (χ3v) is 11.4. The minimum absolute atomic E-state index is 0.185. The van der Waals surface area contributed by atoms with Gasteiger partial charge in [-0.2, -0.15) is 8.42 Å². The van der Waals surface area contributed by atoms with E-state index in [0.29, 0.717) is 0 Å². The zero-order valence-electron chi connectivity index (χ0n) is 18.9. The van der Waals surface area contributed by atoms with Crippen LogP contribution in [0.4, 0.5) is 0 Å². The van der Waals surface area contributed by atoms with E-state index in [9.17, 15) is 18.3 Å². The van der Waals surface area contributed by atoms with Gasteiger partial charge < -0.3 is 5.11 Å². The van der Waals surface area contributed by atoms with Gasteiger partial charge in [-0.25, -0.2) is 4.79 Å². The first-order chi connectivity index (χ1) is 16.8. The van der Waals surface area contributed by atoms with Gasteiger partial charge in [0, 0.05) is 0 Å². The van der Waals surface area contributed by atoms with E-state index in [1.165, 1.54) is 28.0 Å². The molecule has 0 bridgehead atoms. The fourth-order valence-electron chi connectivity index (χ4n) is 4.06. The van der Waals surface area contributed by atoms with Crippen molar-refractivity contribution in [3.8, 4) is 0 Å². The number of carbonyl (C=O) groups is 1. The molecule has 0 aromatic heterocycles. The number of carboxylic acid groups (broad SMARTS) is 1. The second kappa shape index (κ2) is 11.9. The first-order valence-electron chi connectivity index (χ1n) is 10.9. The van der Waals surface area contributed by atoms with Crippen LogP contribution in [-0.4, -0.2) is 41.9 Å². The average molecular weight is 511 g/mol. The second-order valence-electron chi connectivity index (χ2n) is 7.79. The monoisotopic (exact) mass is 510 g/mol. The molecule has 4 aromatic carbocycles. The molecule has 8 heteroatoms. The van der Waals surface area contributed by atoms with Crippen LogP contribution in [0.25, 0.3) is 0 Å². The molecule has 0 aliphatic carbocycles. The van der Waals surface area contributed by atoms with Crippen LogP contribution in [0, 0.1) is 0 Å². The van der Waals surface area contributed by atoms with Crippen molar-refractivity contribution in [3.63, 3.8) is 0 Å². The van der Waals surface area contributed by atoms with Gasteiger partial charge in [0.2, 0.25) is 0 Å². The summed E-state index contributed by atoms with van der Waals surface area (Å²) in [7, 11) is -6.50. The normalized spacial score (nSPS) is 11.7. The summed E-state index contributed by atoms with van der Waals surface area (Å²) in [6, 6.07) is 36.5. The van der Waals surface area contributed by atoms with E-state index >= 15 is 0 Å². The van der Waals surface area contributed by atoms with Crippen LogP contribution in [0.1, 0.15) is 10.4 Å². The van der Waals surface area contributed by atoms with Crippen molar-refractivity contribution in [2.75, 3.05) is 12.8 Å². The Hall–Kier alpha value is -3.35. The zero-order valence-corrected chi connectivity index (χ0v) is 20.7. The summed E-state index contributed by atoms with van der Waals surface area (Å²) >= 11 is 0. The van der Waals surface area contributed by atoms with Crippen molar-refractivity contribution in [1.82, 2.24) is 0 Å². The van der Waals surface area contributed by atoms with Gasteiger partial charge in [-0.3, -0.25) is 4.55 Å². The summed E-state index contributed by atoms with van der Waals surface area (Å²) in [5.74, 6) is -1.24. The number of hydrogen-bond acceptors (Lipinski definition) is 4. The number of hydrogen-bond donors (Lipinski definition) is 3. The Kier molecular flexibility index (Phi) is 8.90. The summed E-state index contributed by atoms with van der Waals surface area (Å²) in [6.45, 7) is 0.199. The van der Waals surface area contributed by atoms with E-state index in [4.69, 9.17) is 9.66 Å². The van der Waals surface area contributed by atoms with E-state index in [1.54, 1.807) is 0 Å². The molecule has 4 aromatic rings. The van der Waals surface area contributed by atoms with Crippen molar-refractivity contribution in [2.45, 2.75) is 4.90 Å². The molecule has 0 saturated heterocycles. The Morgan fingerprint density at radius 3 is 1.46 bits per heavy atom. The maximum absolute atomic E-state index is 10.6. The molecule has 182 valence electrons. The Bertz CT molecular complexity index is 1250. The van der Waals surface area contributed by atoms with Crippen molar-refractivity contribution >= 4 is 39.3 Å². The summed E-state index contributed by atoms with van der Waals surface area (Å²) in [6.07, 6.45) is 0.797. The number of aliphatic hydroxyl groups excluding tert-OH is 1. The molecule has 0 radical (unpaired) electrons. The van der Waals surface area contributed by atoms with Gasteiger partial charge in [-0.1, -0.05) is 6.07 Å². The Morgan fingerprint density at radius 2 is 1.11 bits per heavy atom. The second-order valence-corrected chi connectivity index (χ2v) is 13.2. The SMILES string of the molecule is O=C(O)c1cccc(S(=O)(=O)O)c1.OCC[PH](c1ccccc1)(c1ccccc1)c1ccccc1. The zero-order chi connectivity index (χ0) is 25.3. The van der Waals surface area contributed by atoms with E-state index in [-0.39, 0.29) is 12.2 Å². The average Bonchev–Trinajstić information content (AvgIpc) is 2.89. The number of rotatable bonds is 7. The quantitative estimate of drug-likeness (QED) is 0.260. The first kappa shape index (κ1) is 26.3. The maximum atomic E-state index is 10.6. The molecular weight excluding hydrogens is 483 g/mol. The molecule has 0 unspecified atom stereocenters. The molecule has 4 rings (SSSR count). The van der Waals surface area contributed by atoms with Gasteiger partial charge in [0.15, 0.2) is 0 Å².